The molecular weight excluding hydrogens is 376 g/mol. The number of carbonyl (C=O) groups is 2. The van der Waals surface area contributed by atoms with Crippen LogP contribution in [0.3, 0.4) is 0 Å². The minimum absolute atomic E-state index is 0.0660. The molecule has 3 aromatic rings. The van der Waals surface area contributed by atoms with E-state index in [0.717, 1.165) is 28.1 Å². The molecule has 138 valence electrons. The van der Waals surface area contributed by atoms with Crippen molar-refractivity contribution in [2.75, 3.05) is 0 Å². The van der Waals surface area contributed by atoms with E-state index in [0.29, 0.717) is 5.56 Å². The quantitative estimate of drug-likeness (QED) is 0.356. The minimum atomic E-state index is -0.496. The van der Waals surface area contributed by atoms with Crippen molar-refractivity contribution in [3.05, 3.63) is 92.9 Å². The average Bonchev–Trinajstić information content (AvgIpc) is 2.96. The summed E-state index contributed by atoms with van der Waals surface area (Å²) >= 11 is 0.844. The number of amides is 2. The second kappa shape index (κ2) is 7.28. The Morgan fingerprint density at radius 2 is 1.75 bits per heavy atom. The van der Waals surface area contributed by atoms with Gasteiger partial charge in [-0.1, -0.05) is 54.6 Å². The highest BCUT2D eigenvalue weighted by Crippen LogP contribution is 2.34. The maximum Gasteiger partial charge on any atom is 0.293 e. The van der Waals surface area contributed by atoms with Crippen molar-refractivity contribution in [1.82, 2.24) is 4.90 Å². The van der Waals surface area contributed by atoms with Crippen LogP contribution >= 0.6 is 11.8 Å². The topological polar surface area (TPSA) is 80.5 Å². The van der Waals surface area contributed by atoms with Crippen LogP contribution in [0.1, 0.15) is 11.1 Å². The molecule has 0 bridgehead atoms. The van der Waals surface area contributed by atoms with Gasteiger partial charge in [0.2, 0.25) is 0 Å². The molecule has 0 N–H and O–H groups in total. The molecule has 1 aliphatic heterocycles. The van der Waals surface area contributed by atoms with Gasteiger partial charge in [-0.25, -0.2) is 0 Å². The molecule has 1 aliphatic rings. The van der Waals surface area contributed by atoms with Crippen LogP contribution in [-0.2, 0) is 11.3 Å². The van der Waals surface area contributed by atoms with Crippen molar-refractivity contribution >= 4 is 45.4 Å². The smallest absolute Gasteiger partial charge is 0.268 e. The van der Waals surface area contributed by atoms with Gasteiger partial charge in [0.15, 0.2) is 0 Å². The summed E-state index contributed by atoms with van der Waals surface area (Å²) in [6.45, 7) is 0.179. The lowest BCUT2D eigenvalue weighted by atomic mass is 10.0. The lowest BCUT2D eigenvalue weighted by Crippen LogP contribution is -2.27. The molecule has 7 heteroatoms. The Labute approximate surface area is 164 Å². The summed E-state index contributed by atoms with van der Waals surface area (Å²) in [6.07, 6.45) is 1.51. The summed E-state index contributed by atoms with van der Waals surface area (Å²) < 4.78 is 0. The van der Waals surface area contributed by atoms with Crippen LogP contribution < -0.4 is 0 Å². The van der Waals surface area contributed by atoms with Gasteiger partial charge in [0.25, 0.3) is 16.8 Å². The van der Waals surface area contributed by atoms with Crippen LogP contribution in [0, 0.1) is 10.1 Å². The zero-order valence-electron chi connectivity index (χ0n) is 14.6. The van der Waals surface area contributed by atoms with Crippen molar-refractivity contribution in [3.8, 4) is 0 Å². The van der Waals surface area contributed by atoms with Crippen LogP contribution in [0.25, 0.3) is 16.8 Å². The Bertz CT molecular complexity index is 1150. The maximum atomic E-state index is 12.8. The van der Waals surface area contributed by atoms with Crippen molar-refractivity contribution in [3.63, 3.8) is 0 Å². The Balaban J connectivity index is 1.62. The average molecular weight is 390 g/mol. The molecule has 3 aromatic carbocycles. The van der Waals surface area contributed by atoms with E-state index in [9.17, 15) is 19.7 Å². The number of thioether (sulfide) groups is 1. The summed E-state index contributed by atoms with van der Waals surface area (Å²) in [5.74, 6) is -0.394. The number of fused-ring (bicyclic) bond motifs is 1. The standard InChI is InChI=1S/C21H14N2O4S/c24-20-19(12-14-5-3-9-17(11-14)23(26)27)28-21(25)22(20)13-16-8-4-7-15-6-1-2-10-18(15)16/h1-12H,13H2/b19-12+. The third-order valence-corrected chi connectivity index (χ3v) is 5.37. The number of nitrogens with zero attached hydrogens (tertiary/aromatic N) is 2. The number of non-ortho nitro benzene ring substituents is 1. The van der Waals surface area contributed by atoms with E-state index in [-0.39, 0.29) is 22.4 Å². The number of hydrogen-bond donors (Lipinski definition) is 0. The molecule has 1 heterocycles. The molecule has 0 aromatic heterocycles. The summed E-state index contributed by atoms with van der Waals surface area (Å²) in [4.78, 5) is 37.1. The Morgan fingerprint density at radius 1 is 1.00 bits per heavy atom. The van der Waals surface area contributed by atoms with Crippen LogP contribution in [0.15, 0.2) is 71.6 Å². The molecule has 28 heavy (non-hydrogen) atoms. The van der Waals surface area contributed by atoms with Crippen molar-refractivity contribution in [2.45, 2.75) is 6.54 Å². The number of carbonyl (C=O) groups excluding carboxylic acids is 2. The lowest BCUT2D eigenvalue weighted by molar-refractivity contribution is -0.384. The largest absolute Gasteiger partial charge is 0.293 e. The minimum Gasteiger partial charge on any atom is -0.268 e. The normalized spacial score (nSPS) is 15.6. The van der Waals surface area contributed by atoms with E-state index < -0.39 is 10.8 Å². The first-order valence-corrected chi connectivity index (χ1v) is 9.31. The molecule has 4 rings (SSSR count). The summed E-state index contributed by atoms with van der Waals surface area (Å²) in [5.41, 5.74) is 1.32. The van der Waals surface area contributed by atoms with Crippen molar-refractivity contribution < 1.29 is 14.5 Å². The SMILES string of the molecule is O=C1S/C(=C/c2cccc([N+](=O)[O-])c2)C(=O)N1Cc1cccc2ccccc12. The van der Waals surface area contributed by atoms with Gasteiger partial charge in [0, 0.05) is 12.1 Å². The van der Waals surface area contributed by atoms with Crippen LogP contribution in [-0.4, -0.2) is 21.0 Å². The monoisotopic (exact) mass is 390 g/mol. The fourth-order valence-electron chi connectivity index (χ4n) is 3.12. The van der Waals surface area contributed by atoms with Gasteiger partial charge in [-0.3, -0.25) is 24.6 Å². The number of nitro benzene ring substituents is 1. The Kier molecular flexibility index (Phi) is 4.67. The predicted molar refractivity (Wildman–Crippen MR) is 109 cm³/mol. The summed E-state index contributed by atoms with van der Waals surface area (Å²) in [7, 11) is 0. The van der Waals surface area contributed by atoms with Crippen LogP contribution in [0.5, 0.6) is 0 Å². The molecule has 1 saturated heterocycles. The third kappa shape index (κ3) is 3.39. The van der Waals surface area contributed by atoms with Gasteiger partial charge in [0.1, 0.15) is 0 Å². The van der Waals surface area contributed by atoms with Crippen molar-refractivity contribution in [2.24, 2.45) is 0 Å². The molecule has 0 atom stereocenters. The van der Waals surface area contributed by atoms with Gasteiger partial charge in [-0.05, 0) is 39.7 Å². The molecular formula is C21H14N2O4S. The fourth-order valence-corrected chi connectivity index (χ4v) is 3.95. The molecule has 0 radical (unpaired) electrons. The fraction of sp³-hybridized carbons (Fsp3) is 0.0476. The number of imide groups is 1. The zero-order valence-corrected chi connectivity index (χ0v) is 15.4. The second-order valence-electron chi connectivity index (χ2n) is 6.26. The Morgan fingerprint density at radius 3 is 2.57 bits per heavy atom. The van der Waals surface area contributed by atoms with E-state index in [1.165, 1.54) is 23.1 Å². The van der Waals surface area contributed by atoms with Gasteiger partial charge >= 0.3 is 0 Å². The van der Waals surface area contributed by atoms with E-state index in [1.807, 2.05) is 42.5 Å². The molecule has 6 nitrogen and oxygen atoms in total. The molecule has 0 unspecified atom stereocenters. The molecule has 0 aliphatic carbocycles. The molecule has 0 saturated carbocycles. The molecule has 0 spiro atoms. The number of benzene rings is 3. The van der Waals surface area contributed by atoms with E-state index >= 15 is 0 Å². The number of rotatable bonds is 4. The summed E-state index contributed by atoms with van der Waals surface area (Å²) in [5, 5.41) is 12.6. The Hall–Kier alpha value is -3.45. The van der Waals surface area contributed by atoms with Gasteiger partial charge < -0.3 is 0 Å². The van der Waals surface area contributed by atoms with Gasteiger partial charge in [-0.2, -0.15) is 0 Å². The van der Waals surface area contributed by atoms with E-state index in [1.54, 1.807) is 12.1 Å². The highest BCUT2D eigenvalue weighted by Gasteiger charge is 2.35. The first kappa shape index (κ1) is 17.9. The van der Waals surface area contributed by atoms with E-state index in [2.05, 4.69) is 0 Å². The van der Waals surface area contributed by atoms with Gasteiger partial charge in [-0.15, -0.1) is 0 Å². The van der Waals surface area contributed by atoms with Gasteiger partial charge in [0.05, 0.1) is 16.4 Å². The highest BCUT2D eigenvalue weighted by atomic mass is 32.2. The van der Waals surface area contributed by atoms with E-state index in [4.69, 9.17) is 0 Å². The molecule has 1 fully saturated rings. The first-order valence-electron chi connectivity index (χ1n) is 8.49. The predicted octanol–water partition coefficient (Wildman–Crippen LogP) is 4.98. The number of hydrogen-bond acceptors (Lipinski definition) is 5. The first-order chi connectivity index (χ1) is 13.5. The maximum absolute atomic E-state index is 12.8. The molecule has 2 amide bonds. The number of nitro groups is 1. The van der Waals surface area contributed by atoms with Crippen LogP contribution in [0.2, 0.25) is 0 Å². The second-order valence-corrected chi connectivity index (χ2v) is 7.25. The lowest BCUT2D eigenvalue weighted by Gasteiger charge is -2.14. The van der Waals surface area contributed by atoms with Crippen LogP contribution in [0.4, 0.5) is 10.5 Å². The highest BCUT2D eigenvalue weighted by molar-refractivity contribution is 8.18. The zero-order chi connectivity index (χ0) is 19.7. The van der Waals surface area contributed by atoms with Crippen molar-refractivity contribution in [1.29, 1.82) is 0 Å². The summed E-state index contributed by atoms with van der Waals surface area (Å²) in [6, 6.07) is 19.5. The third-order valence-electron chi connectivity index (χ3n) is 4.46.